The number of carbonyl (C=O) groups excluding carboxylic acids is 1. The summed E-state index contributed by atoms with van der Waals surface area (Å²) in [6, 6.07) is 24.8. The van der Waals surface area contributed by atoms with Gasteiger partial charge < -0.3 is 20.1 Å². The van der Waals surface area contributed by atoms with Crippen molar-refractivity contribution in [3.05, 3.63) is 83.9 Å². The van der Waals surface area contributed by atoms with Crippen molar-refractivity contribution in [2.75, 3.05) is 38.7 Å². The molecule has 0 spiro atoms. The predicted molar refractivity (Wildman–Crippen MR) is 144 cm³/mol. The molecule has 6 nitrogen and oxygen atoms in total. The maximum Gasteiger partial charge on any atom is 0.321 e. The minimum atomic E-state index is -0.0804. The number of nitrogens with zero attached hydrogens (tertiary/aromatic N) is 2. The Morgan fingerprint density at radius 1 is 1.00 bits per heavy atom. The fraction of sp³-hybridized carbons (Fsp3) is 0.367. The number of urea groups is 1. The number of hydrogen-bond acceptors (Lipinski definition) is 4. The first-order chi connectivity index (χ1) is 17.6. The van der Waals surface area contributed by atoms with Crippen LogP contribution in [0.1, 0.15) is 29.9 Å². The molecule has 3 aromatic carbocycles. The summed E-state index contributed by atoms with van der Waals surface area (Å²) in [5, 5.41) is 13.3. The van der Waals surface area contributed by atoms with Crippen molar-refractivity contribution >= 4 is 11.7 Å². The van der Waals surface area contributed by atoms with E-state index in [0.717, 1.165) is 37.4 Å². The van der Waals surface area contributed by atoms with E-state index >= 15 is 0 Å². The number of aryl methyl sites for hydroxylation is 1. The molecule has 36 heavy (non-hydrogen) atoms. The maximum atomic E-state index is 13.2. The number of aliphatic hydroxyl groups is 1. The van der Waals surface area contributed by atoms with Crippen molar-refractivity contribution in [2.45, 2.75) is 37.8 Å². The number of anilines is 1. The number of methoxy groups -OCH3 is 1. The van der Waals surface area contributed by atoms with Crippen LogP contribution in [0.25, 0.3) is 11.1 Å². The van der Waals surface area contributed by atoms with Gasteiger partial charge in [-0.05, 0) is 72.8 Å². The topological polar surface area (TPSA) is 65.0 Å². The zero-order valence-electron chi connectivity index (χ0n) is 21.1. The Hall–Kier alpha value is -3.35. The minimum absolute atomic E-state index is 0.0804. The molecule has 6 heteroatoms. The quantitative estimate of drug-likeness (QED) is 0.526. The molecule has 188 valence electrons. The number of rotatable bonds is 5. The van der Waals surface area contributed by atoms with E-state index in [4.69, 9.17) is 4.74 Å². The van der Waals surface area contributed by atoms with Gasteiger partial charge in [-0.15, -0.1) is 0 Å². The summed E-state index contributed by atoms with van der Waals surface area (Å²) >= 11 is 0. The van der Waals surface area contributed by atoms with Crippen molar-refractivity contribution in [1.82, 2.24) is 9.80 Å². The molecule has 2 aliphatic heterocycles. The molecule has 0 saturated carbocycles. The third-order valence-corrected chi connectivity index (χ3v) is 7.75. The van der Waals surface area contributed by atoms with E-state index in [-0.39, 0.29) is 30.6 Å². The Kier molecular flexibility index (Phi) is 7.25. The Morgan fingerprint density at radius 2 is 1.72 bits per heavy atom. The van der Waals surface area contributed by atoms with E-state index in [9.17, 15) is 9.90 Å². The van der Waals surface area contributed by atoms with Gasteiger partial charge in [-0.2, -0.15) is 0 Å². The summed E-state index contributed by atoms with van der Waals surface area (Å²) in [5.41, 5.74) is 5.68. The van der Waals surface area contributed by atoms with Gasteiger partial charge in [-0.1, -0.05) is 48.5 Å². The standard InChI is InChI=1S/C30H35N3O3/c1-21-7-3-4-8-26(21)22-9-11-23(12-10-22)29-27-19-32(17-5-6-18-33(27)28(29)20-34)30(35)31-24-13-15-25(36-2)16-14-24/h3-4,7-16,27-29,34H,5-6,17-20H2,1-2H3,(H,31,35)/t27-,28+,29-/m0/s1. The lowest BCUT2D eigenvalue weighted by atomic mass is 9.74. The van der Waals surface area contributed by atoms with Crippen LogP contribution in [0.4, 0.5) is 10.5 Å². The molecule has 0 unspecified atom stereocenters. The van der Waals surface area contributed by atoms with Crippen LogP contribution in [0, 0.1) is 6.92 Å². The summed E-state index contributed by atoms with van der Waals surface area (Å²) in [6.07, 6.45) is 1.96. The number of benzene rings is 3. The molecule has 2 saturated heterocycles. The van der Waals surface area contributed by atoms with Gasteiger partial charge >= 0.3 is 6.03 Å². The monoisotopic (exact) mass is 485 g/mol. The molecule has 2 fully saturated rings. The van der Waals surface area contributed by atoms with Gasteiger partial charge in [0.15, 0.2) is 0 Å². The first-order valence-corrected chi connectivity index (χ1v) is 12.8. The van der Waals surface area contributed by atoms with Crippen LogP contribution < -0.4 is 10.1 Å². The zero-order chi connectivity index (χ0) is 25.1. The minimum Gasteiger partial charge on any atom is -0.497 e. The molecule has 3 atom stereocenters. The normalized spacial score (nSPS) is 22.1. The Balaban J connectivity index is 1.33. The van der Waals surface area contributed by atoms with Gasteiger partial charge in [0, 0.05) is 36.8 Å². The lowest BCUT2D eigenvalue weighted by molar-refractivity contribution is -0.0585. The van der Waals surface area contributed by atoms with E-state index in [1.807, 2.05) is 29.2 Å². The summed E-state index contributed by atoms with van der Waals surface area (Å²) in [6.45, 7) is 4.59. The molecule has 0 aliphatic carbocycles. The summed E-state index contributed by atoms with van der Waals surface area (Å²) in [4.78, 5) is 17.5. The van der Waals surface area contributed by atoms with Crippen LogP contribution in [-0.4, -0.2) is 66.4 Å². The number of nitrogens with one attached hydrogen (secondary N) is 1. The number of hydrogen-bond donors (Lipinski definition) is 2. The Morgan fingerprint density at radius 3 is 2.42 bits per heavy atom. The van der Waals surface area contributed by atoms with E-state index in [1.54, 1.807) is 7.11 Å². The molecule has 0 aromatic heterocycles. The highest BCUT2D eigenvalue weighted by Crippen LogP contribution is 2.42. The summed E-state index contributed by atoms with van der Waals surface area (Å²) in [5.74, 6) is 0.950. The van der Waals surface area contributed by atoms with Gasteiger partial charge in [0.05, 0.1) is 13.7 Å². The molecule has 2 amide bonds. The van der Waals surface area contributed by atoms with Crippen LogP contribution >= 0.6 is 0 Å². The van der Waals surface area contributed by atoms with E-state index in [2.05, 4.69) is 65.7 Å². The van der Waals surface area contributed by atoms with E-state index in [1.165, 1.54) is 22.3 Å². The van der Waals surface area contributed by atoms with Gasteiger partial charge in [0.2, 0.25) is 0 Å². The molecule has 0 bridgehead atoms. The van der Waals surface area contributed by atoms with E-state index < -0.39 is 0 Å². The van der Waals surface area contributed by atoms with Crippen molar-refractivity contribution < 1.29 is 14.6 Å². The SMILES string of the molecule is COc1ccc(NC(=O)N2CCCCN3[C@H](CO)[C@@H](c4ccc(-c5ccccc5C)cc4)[C@@H]3C2)cc1. The molecule has 5 rings (SSSR count). The first-order valence-electron chi connectivity index (χ1n) is 12.8. The number of carbonyl (C=O) groups is 1. The van der Waals surface area contributed by atoms with Gasteiger partial charge in [0.1, 0.15) is 5.75 Å². The number of fused-ring (bicyclic) bond motifs is 1. The molecule has 2 N–H and O–H groups in total. The Bertz CT molecular complexity index is 1180. The first kappa shape index (κ1) is 24.3. The van der Waals surface area contributed by atoms with Crippen molar-refractivity contribution in [1.29, 1.82) is 0 Å². The Labute approximate surface area is 213 Å². The number of amides is 2. The highest BCUT2D eigenvalue weighted by atomic mass is 16.5. The van der Waals surface area contributed by atoms with Gasteiger partial charge in [0.25, 0.3) is 0 Å². The smallest absolute Gasteiger partial charge is 0.321 e. The van der Waals surface area contributed by atoms with Crippen molar-refractivity contribution in [2.24, 2.45) is 0 Å². The molecular weight excluding hydrogens is 450 g/mol. The fourth-order valence-corrected chi connectivity index (χ4v) is 5.78. The maximum absolute atomic E-state index is 13.2. The highest BCUT2D eigenvalue weighted by Gasteiger charge is 2.49. The van der Waals surface area contributed by atoms with Crippen LogP contribution in [0.2, 0.25) is 0 Å². The average Bonchev–Trinajstić information content (AvgIpc) is 2.89. The zero-order valence-corrected chi connectivity index (χ0v) is 21.1. The van der Waals surface area contributed by atoms with Gasteiger partial charge in [-0.25, -0.2) is 4.79 Å². The molecular formula is C30H35N3O3. The number of aliphatic hydroxyl groups excluding tert-OH is 1. The third-order valence-electron chi connectivity index (χ3n) is 7.75. The summed E-state index contributed by atoms with van der Waals surface area (Å²) < 4.78 is 5.22. The largest absolute Gasteiger partial charge is 0.497 e. The van der Waals surface area contributed by atoms with Gasteiger partial charge in [-0.3, -0.25) is 4.90 Å². The van der Waals surface area contributed by atoms with E-state index in [0.29, 0.717) is 6.54 Å². The van der Waals surface area contributed by atoms with Crippen LogP contribution in [0.3, 0.4) is 0 Å². The second kappa shape index (κ2) is 10.7. The summed E-state index contributed by atoms with van der Waals surface area (Å²) in [7, 11) is 1.63. The predicted octanol–water partition coefficient (Wildman–Crippen LogP) is 5.13. The lowest BCUT2D eigenvalue weighted by Gasteiger charge is -2.57. The van der Waals surface area contributed by atoms with Crippen LogP contribution in [-0.2, 0) is 0 Å². The molecule has 2 heterocycles. The second-order valence-electron chi connectivity index (χ2n) is 9.83. The van der Waals surface area contributed by atoms with Crippen molar-refractivity contribution in [3.8, 4) is 16.9 Å². The third kappa shape index (κ3) is 4.84. The average molecular weight is 486 g/mol. The van der Waals surface area contributed by atoms with Crippen LogP contribution in [0.15, 0.2) is 72.8 Å². The molecule has 3 aromatic rings. The highest BCUT2D eigenvalue weighted by molar-refractivity contribution is 5.89. The van der Waals surface area contributed by atoms with Crippen molar-refractivity contribution in [3.63, 3.8) is 0 Å². The molecule has 2 aliphatic rings. The lowest BCUT2D eigenvalue weighted by Crippen LogP contribution is -2.68. The number of ether oxygens (including phenoxy) is 1. The second-order valence-corrected chi connectivity index (χ2v) is 9.83. The molecule has 0 radical (unpaired) electrons. The van der Waals surface area contributed by atoms with Crippen LogP contribution in [0.5, 0.6) is 5.75 Å². The fourth-order valence-electron chi connectivity index (χ4n) is 5.78.